The lowest BCUT2D eigenvalue weighted by Crippen LogP contribution is -2.49. The van der Waals surface area contributed by atoms with Gasteiger partial charge in [-0.1, -0.05) is 167 Å². The predicted molar refractivity (Wildman–Crippen MR) is 228 cm³/mol. The van der Waals surface area contributed by atoms with Gasteiger partial charge in [-0.25, -0.2) is 0 Å². The molecule has 0 bridgehead atoms. The van der Waals surface area contributed by atoms with Gasteiger partial charge in [0.1, 0.15) is 0 Å². The lowest BCUT2D eigenvalue weighted by atomic mass is 9.71. The van der Waals surface area contributed by atoms with Crippen molar-refractivity contribution >= 4 is 27.8 Å². The molecule has 0 spiro atoms. The summed E-state index contributed by atoms with van der Waals surface area (Å²) in [5.41, 5.74) is 8.01. The quantitative estimate of drug-likeness (QED) is 0.190. The number of nitrogens with zero attached hydrogens (tertiary/aromatic N) is 2. The zero-order valence-electron chi connectivity index (χ0n) is 32.3. The Morgan fingerprint density at radius 1 is 0.604 bits per heavy atom. The minimum Gasteiger partial charge on any atom is -0.332 e. The van der Waals surface area contributed by atoms with E-state index in [1.165, 1.54) is 38.9 Å². The Bertz CT molecular complexity index is 2270. The second-order valence-electron chi connectivity index (χ2n) is 17.1. The molecule has 4 unspecified atom stereocenters. The third kappa shape index (κ3) is 6.09. The second kappa shape index (κ2) is 13.0. The van der Waals surface area contributed by atoms with Crippen LogP contribution >= 0.6 is 0 Å². The molecule has 4 aromatic carbocycles. The average molecular weight is 693 g/mol. The van der Waals surface area contributed by atoms with Crippen molar-refractivity contribution in [2.75, 3.05) is 9.80 Å². The first-order valence-corrected chi connectivity index (χ1v) is 19.2. The molecule has 266 valence electrons. The molecule has 2 nitrogen and oxygen atoms in total. The van der Waals surface area contributed by atoms with Crippen LogP contribution in [0.1, 0.15) is 59.6 Å². The number of hydrogen-bond donors (Lipinski definition) is 0. The van der Waals surface area contributed by atoms with E-state index >= 15 is 0 Å². The first-order valence-electron chi connectivity index (χ1n) is 19.2. The molecule has 0 saturated carbocycles. The van der Waals surface area contributed by atoms with Crippen molar-refractivity contribution < 1.29 is 0 Å². The molecule has 53 heavy (non-hydrogen) atoms. The fraction of sp³-hybridized carbons (Fsp3) is 0.255. The Morgan fingerprint density at radius 3 is 2.08 bits per heavy atom. The molecule has 4 aliphatic rings. The van der Waals surface area contributed by atoms with Gasteiger partial charge in [0.05, 0.1) is 11.1 Å². The summed E-state index contributed by atoms with van der Waals surface area (Å²) < 4.78 is 0. The zero-order chi connectivity index (χ0) is 37.0. The van der Waals surface area contributed by atoms with Gasteiger partial charge in [-0.2, -0.15) is 0 Å². The Labute approximate surface area is 317 Å². The fourth-order valence-corrected chi connectivity index (χ4v) is 8.94. The summed E-state index contributed by atoms with van der Waals surface area (Å²) >= 11 is 0. The van der Waals surface area contributed by atoms with Gasteiger partial charge in [0.2, 0.25) is 0 Å². The van der Waals surface area contributed by atoms with E-state index in [2.05, 4.69) is 234 Å². The van der Waals surface area contributed by atoms with Crippen LogP contribution in [0.15, 0.2) is 187 Å². The van der Waals surface area contributed by atoms with Gasteiger partial charge >= 0.3 is 0 Å². The number of hydrogen-bond acceptors (Lipinski definition) is 2. The lowest BCUT2D eigenvalue weighted by molar-refractivity contribution is 0.438. The van der Waals surface area contributed by atoms with E-state index in [-0.39, 0.29) is 27.8 Å². The summed E-state index contributed by atoms with van der Waals surface area (Å²) in [6, 6.07) is 34.1. The Kier molecular flexibility index (Phi) is 8.49. The topological polar surface area (TPSA) is 6.48 Å². The molecular weight excluding hydrogens is 641 g/mol. The third-order valence-corrected chi connectivity index (χ3v) is 12.1. The molecule has 4 aromatic rings. The van der Waals surface area contributed by atoms with Crippen LogP contribution in [0.3, 0.4) is 0 Å². The monoisotopic (exact) mass is 692 g/mol. The number of benzene rings is 4. The summed E-state index contributed by atoms with van der Waals surface area (Å²) in [6.45, 7) is 16.3. The summed E-state index contributed by atoms with van der Waals surface area (Å²) in [7, 11) is 0. The summed E-state index contributed by atoms with van der Waals surface area (Å²) in [5, 5.41) is 2.49. The third-order valence-electron chi connectivity index (χ3n) is 12.1. The van der Waals surface area contributed by atoms with Crippen LogP contribution in [-0.4, -0.2) is 5.54 Å². The van der Waals surface area contributed by atoms with Crippen molar-refractivity contribution in [3.63, 3.8) is 0 Å². The molecule has 0 aromatic heterocycles. The Morgan fingerprint density at radius 2 is 1.30 bits per heavy atom. The maximum absolute atomic E-state index is 2.57. The van der Waals surface area contributed by atoms with Crippen LogP contribution in [0, 0.1) is 17.3 Å². The van der Waals surface area contributed by atoms with E-state index in [4.69, 9.17) is 0 Å². The molecule has 0 heterocycles. The van der Waals surface area contributed by atoms with Gasteiger partial charge in [0.25, 0.3) is 0 Å². The first kappa shape index (κ1) is 34.7. The second-order valence-corrected chi connectivity index (χ2v) is 17.1. The van der Waals surface area contributed by atoms with Gasteiger partial charge < -0.3 is 9.80 Å². The number of anilines is 3. The minimum atomic E-state index is -0.349. The van der Waals surface area contributed by atoms with Crippen molar-refractivity contribution in [3.8, 4) is 0 Å². The molecule has 0 radical (unpaired) electrons. The highest BCUT2D eigenvalue weighted by molar-refractivity contribution is 5.97. The fourth-order valence-electron chi connectivity index (χ4n) is 8.94. The van der Waals surface area contributed by atoms with Crippen molar-refractivity contribution in [2.24, 2.45) is 17.3 Å². The highest BCUT2D eigenvalue weighted by Gasteiger charge is 2.42. The maximum Gasteiger partial charge on any atom is 0.0711 e. The average Bonchev–Trinajstić information content (AvgIpc) is 3.15. The van der Waals surface area contributed by atoms with E-state index in [1.807, 2.05) is 0 Å². The predicted octanol–water partition coefficient (Wildman–Crippen LogP) is 13.2. The molecule has 4 atom stereocenters. The SMILES string of the molecule is CC(C)(C)c1ccc(C(C)(C)N(C2=CC3(C)C=CC=CC3C=C2)c2ccc(N(c3cccc4ccccc34)C3(C)C=CC=C4C=CC=CC43)cc2)cc1. The van der Waals surface area contributed by atoms with E-state index < -0.39 is 0 Å². The number of rotatable bonds is 7. The van der Waals surface area contributed by atoms with Gasteiger partial charge in [-0.15, -0.1) is 0 Å². The normalized spacial score (nSPS) is 24.4. The standard InChI is InChI=1S/C51H52N2/c1-48(2,3)39-24-26-40(27-25-39)49(4,5)52(44-29-28-41-20-12-13-34-50(41,6)36-44)42-30-32-43(33-31-42)53(47-23-14-18-37-16-8-10-21-45(37)47)51(7)35-15-19-38-17-9-11-22-46(38)51/h8-36,41,46H,1-7H3. The van der Waals surface area contributed by atoms with Crippen molar-refractivity contribution in [2.45, 2.75) is 65.0 Å². The maximum atomic E-state index is 2.57. The lowest BCUT2D eigenvalue weighted by Gasteiger charge is -2.48. The van der Waals surface area contributed by atoms with Gasteiger partial charge in [0, 0.05) is 45.4 Å². The highest BCUT2D eigenvalue weighted by Crippen LogP contribution is 2.48. The van der Waals surface area contributed by atoms with Crippen molar-refractivity contribution in [1.82, 2.24) is 0 Å². The largest absolute Gasteiger partial charge is 0.332 e. The van der Waals surface area contributed by atoms with Crippen molar-refractivity contribution in [1.29, 1.82) is 0 Å². The van der Waals surface area contributed by atoms with Gasteiger partial charge in [-0.3, -0.25) is 0 Å². The van der Waals surface area contributed by atoms with Crippen LogP contribution in [0.4, 0.5) is 17.1 Å². The Balaban J connectivity index is 1.27. The molecule has 4 aliphatic carbocycles. The summed E-state index contributed by atoms with van der Waals surface area (Å²) in [6.07, 6.45) is 32.1. The zero-order valence-corrected chi connectivity index (χ0v) is 32.3. The van der Waals surface area contributed by atoms with Crippen LogP contribution in [0.2, 0.25) is 0 Å². The minimum absolute atomic E-state index is 0.0938. The van der Waals surface area contributed by atoms with Crippen LogP contribution in [0.5, 0.6) is 0 Å². The molecule has 0 N–H and O–H groups in total. The first-order chi connectivity index (χ1) is 25.4. The number of allylic oxidation sites excluding steroid dienone is 12. The van der Waals surface area contributed by atoms with Crippen LogP contribution in [-0.2, 0) is 11.0 Å². The molecule has 8 rings (SSSR count). The van der Waals surface area contributed by atoms with E-state index in [1.54, 1.807) is 0 Å². The summed E-state index contributed by atoms with van der Waals surface area (Å²) in [5.74, 6) is 0.544. The van der Waals surface area contributed by atoms with Crippen LogP contribution < -0.4 is 9.80 Å². The summed E-state index contributed by atoms with van der Waals surface area (Å²) in [4.78, 5) is 5.12. The van der Waals surface area contributed by atoms with E-state index in [9.17, 15) is 0 Å². The van der Waals surface area contributed by atoms with E-state index in [0.29, 0.717) is 5.92 Å². The highest BCUT2D eigenvalue weighted by atomic mass is 15.2. The van der Waals surface area contributed by atoms with Gasteiger partial charge in [-0.05, 0) is 84.7 Å². The molecular formula is C51H52N2. The molecule has 0 saturated heterocycles. The number of fused-ring (bicyclic) bond motifs is 3. The molecule has 2 heteroatoms. The van der Waals surface area contributed by atoms with Crippen molar-refractivity contribution in [3.05, 3.63) is 198 Å². The smallest absolute Gasteiger partial charge is 0.0711 e. The Hall–Kier alpha value is -5.34. The molecule has 0 aliphatic heterocycles. The van der Waals surface area contributed by atoms with E-state index in [0.717, 1.165) is 11.4 Å². The molecule has 0 amide bonds. The van der Waals surface area contributed by atoms with Crippen LogP contribution in [0.25, 0.3) is 10.8 Å². The van der Waals surface area contributed by atoms with Gasteiger partial charge in [0.15, 0.2) is 0 Å². The molecule has 0 fully saturated rings.